The first-order chi connectivity index (χ1) is 9.08. The zero-order chi connectivity index (χ0) is 13.9. The number of benzene rings is 1. The van der Waals surface area contributed by atoms with Crippen molar-refractivity contribution in [1.29, 1.82) is 0 Å². The molecule has 0 aromatic heterocycles. The van der Waals surface area contributed by atoms with Gasteiger partial charge in [-0.1, -0.05) is 18.1 Å². The Morgan fingerprint density at radius 3 is 2.42 bits per heavy atom. The van der Waals surface area contributed by atoms with Gasteiger partial charge in [-0.2, -0.15) is 0 Å². The van der Waals surface area contributed by atoms with Gasteiger partial charge in [0.1, 0.15) is 0 Å². The fraction of sp³-hybridized carbons (Fsp3) is 0.333. The Hall–Kier alpha value is -2.28. The first-order valence-electron chi connectivity index (χ1n) is 6.11. The van der Waals surface area contributed by atoms with Crippen LogP contribution in [0.4, 0.5) is 0 Å². The van der Waals surface area contributed by atoms with E-state index in [0.29, 0.717) is 25.0 Å². The molecule has 0 bridgehead atoms. The van der Waals surface area contributed by atoms with Gasteiger partial charge in [0.2, 0.25) is 0 Å². The summed E-state index contributed by atoms with van der Waals surface area (Å²) >= 11 is 0. The normalized spacial score (nSPS) is 15.0. The number of hydrogen-bond acceptors (Lipinski definition) is 3. The molecular formula is C15H14O4. The van der Waals surface area contributed by atoms with Gasteiger partial charge in [0.15, 0.2) is 0 Å². The highest BCUT2D eigenvalue weighted by Gasteiger charge is 2.51. The molecule has 0 radical (unpaired) electrons. The number of carbonyl (C=O) groups is 2. The van der Waals surface area contributed by atoms with E-state index in [0.717, 1.165) is 5.56 Å². The Morgan fingerprint density at radius 1 is 1.32 bits per heavy atom. The monoisotopic (exact) mass is 258 g/mol. The van der Waals surface area contributed by atoms with Crippen molar-refractivity contribution in [2.75, 3.05) is 6.61 Å². The number of aliphatic carboxylic acids is 1. The molecular weight excluding hydrogens is 244 g/mol. The highest BCUT2D eigenvalue weighted by Crippen LogP contribution is 2.48. The third-order valence-electron chi connectivity index (χ3n) is 3.18. The van der Waals surface area contributed by atoms with E-state index in [2.05, 4.69) is 11.8 Å². The van der Waals surface area contributed by atoms with Crippen LogP contribution in [0, 0.1) is 11.8 Å². The topological polar surface area (TPSA) is 63.6 Å². The van der Waals surface area contributed by atoms with E-state index in [9.17, 15) is 14.7 Å². The summed E-state index contributed by atoms with van der Waals surface area (Å²) in [6.45, 7) is 2.02. The highest BCUT2D eigenvalue weighted by atomic mass is 16.5. The van der Waals surface area contributed by atoms with Crippen molar-refractivity contribution in [3.63, 3.8) is 0 Å². The molecule has 0 aliphatic heterocycles. The van der Waals surface area contributed by atoms with E-state index in [1.54, 1.807) is 31.2 Å². The van der Waals surface area contributed by atoms with Gasteiger partial charge in [0.05, 0.1) is 12.0 Å². The summed E-state index contributed by atoms with van der Waals surface area (Å²) in [5.74, 6) is 3.72. The molecule has 1 fully saturated rings. The summed E-state index contributed by atoms with van der Waals surface area (Å²) in [6.07, 6.45) is 1.35. The quantitative estimate of drug-likeness (QED) is 0.662. The molecule has 1 aliphatic carbocycles. The Bertz CT molecular complexity index is 556. The van der Waals surface area contributed by atoms with E-state index in [1.807, 2.05) is 0 Å². The van der Waals surface area contributed by atoms with E-state index < -0.39 is 17.4 Å². The van der Waals surface area contributed by atoms with E-state index in [1.165, 1.54) is 0 Å². The Morgan fingerprint density at radius 2 is 1.95 bits per heavy atom. The molecule has 0 spiro atoms. The van der Waals surface area contributed by atoms with Gasteiger partial charge in [-0.15, -0.1) is 0 Å². The second-order valence-electron chi connectivity index (χ2n) is 4.44. The van der Waals surface area contributed by atoms with Gasteiger partial charge in [0.25, 0.3) is 0 Å². The Balaban J connectivity index is 2.11. The predicted octanol–water partition coefficient (Wildman–Crippen LogP) is 1.72. The molecule has 1 aromatic carbocycles. The molecule has 0 heterocycles. The van der Waals surface area contributed by atoms with E-state index in [4.69, 9.17) is 4.74 Å². The summed E-state index contributed by atoms with van der Waals surface area (Å²) in [7, 11) is 0. The molecule has 0 atom stereocenters. The molecule has 0 amide bonds. The molecule has 0 saturated heterocycles. The summed E-state index contributed by atoms with van der Waals surface area (Å²) in [4.78, 5) is 22.2. The summed E-state index contributed by atoms with van der Waals surface area (Å²) < 4.78 is 4.69. The third-order valence-corrected chi connectivity index (χ3v) is 3.18. The Labute approximate surface area is 111 Å². The standard InChI is InChI=1S/C15H14O4/c1-2-19-13(16)8-5-11-3-6-12(7-4-11)15(9-10-15)14(17)18/h3-4,6-7H,2,9-10H2,1H3,(H,17,18). The average Bonchev–Trinajstić information content (AvgIpc) is 3.19. The van der Waals surface area contributed by atoms with Gasteiger partial charge in [-0.3, -0.25) is 4.79 Å². The van der Waals surface area contributed by atoms with Crippen LogP contribution >= 0.6 is 0 Å². The maximum absolute atomic E-state index is 11.2. The molecule has 1 saturated carbocycles. The zero-order valence-electron chi connectivity index (χ0n) is 10.6. The second kappa shape index (κ2) is 5.15. The average molecular weight is 258 g/mol. The minimum atomic E-state index is -0.780. The van der Waals surface area contributed by atoms with Crippen molar-refractivity contribution in [1.82, 2.24) is 0 Å². The van der Waals surface area contributed by atoms with Crippen LogP contribution in [-0.2, 0) is 19.7 Å². The number of rotatable bonds is 3. The second-order valence-corrected chi connectivity index (χ2v) is 4.44. The maximum Gasteiger partial charge on any atom is 0.384 e. The lowest BCUT2D eigenvalue weighted by atomic mass is 9.95. The number of esters is 1. The van der Waals surface area contributed by atoms with Crippen molar-refractivity contribution in [3.8, 4) is 11.8 Å². The largest absolute Gasteiger partial charge is 0.481 e. The number of carboxylic acid groups (broad SMARTS) is 1. The van der Waals surface area contributed by atoms with Gasteiger partial charge < -0.3 is 9.84 Å². The van der Waals surface area contributed by atoms with Crippen LogP contribution in [0.2, 0.25) is 0 Å². The molecule has 1 aromatic rings. The highest BCUT2D eigenvalue weighted by molar-refractivity contribution is 5.89. The van der Waals surface area contributed by atoms with Crippen LogP contribution < -0.4 is 0 Å². The summed E-state index contributed by atoms with van der Waals surface area (Å²) in [5, 5.41) is 9.17. The molecule has 1 aliphatic rings. The van der Waals surface area contributed by atoms with Crippen LogP contribution in [0.15, 0.2) is 24.3 Å². The number of carboxylic acids is 1. The number of carbonyl (C=O) groups excluding carboxylic acids is 1. The number of ether oxygens (including phenoxy) is 1. The minimum Gasteiger partial charge on any atom is -0.481 e. The SMILES string of the molecule is CCOC(=O)C#Cc1ccc(C2(C(=O)O)CC2)cc1. The van der Waals surface area contributed by atoms with Crippen molar-refractivity contribution in [3.05, 3.63) is 35.4 Å². The predicted molar refractivity (Wildman–Crippen MR) is 68.5 cm³/mol. The maximum atomic E-state index is 11.2. The first kappa shape index (κ1) is 13.2. The van der Waals surface area contributed by atoms with Crippen molar-refractivity contribution in [2.24, 2.45) is 0 Å². The summed E-state index contributed by atoms with van der Waals surface area (Å²) in [5.41, 5.74) is 0.757. The molecule has 19 heavy (non-hydrogen) atoms. The molecule has 1 N–H and O–H groups in total. The molecule has 98 valence electrons. The van der Waals surface area contributed by atoms with Gasteiger partial charge in [-0.05, 0) is 37.5 Å². The summed E-state index contributed by atoms with van der Waals surface area (Å²) in [6, 6.07) is 6.97. The lowest BCUT2D eigenvalue weighted by molar-refractivity contribution is -0.140. The lowest BCUT2D eigenvalue weighted by Crippen LogP contribution is -2.19. The number of hydrogen-bond donors (Lipinski definition) is 1. The molecule has 4 heteroatoms. The van der Waals surface area contributed by atoms with Crippen LogP contribution in [0.1, 0.15) is 30.9 Å². The van der Waals surface area contributed by atoms with Crippen molar-refractivity contribution in [2.45, 2.75) is 25.2 Å². The first-order valence-corrected chi connectivity index (χ1v) is 6.11. The van der Waals surface area contributed by atoms with E-state index in [-0.39, 0.29) is 0 Å². The van der Waals surface area contributed by atoms with Crippen LogP contribution in [0.5, 0.6) is 0 Å². The zero-order valence-corrected chi connectivity index (χ0v) is 10.6. The van der Waals surface area contributed by atoms with Gasteiger partial charge in [0, 0.05) is 11.5 Å². The molecule has 4 nitrogen and oxygen atoms in total. The van der Waals surface area contributed by atoms with Crippen LogP contribution in [-0.4, -0.2) is 23.7 Å². The van der Waals surface area contributed by atoms with Crippen LogP contribution in [0.25, 0.3) is 0 Å². The Kier molecular flexibility index (Phi) is 3.57. The molecule has 2 rings (SSSR count). The van der Waals surface area contributed by atoms with Crippen molar-refractivity contribution < 1.29 is 19.4 Å². The van der Waals surface area contributed by atoms with Gasteiger partial charge >= 0.3 is 11.9 Å². The van der Waals surface area contributed by atoms with E-state index >= 15 is 0 Å². The minimum absolute atomic E-state index is 0.299. The molecule has 0 unspecified atom stereocenters. The fourth-order valence-corrected chi connectivity index (χ4v) is 1.91. The van der Waals surface area contributed by atoms with Crippen molar-refractivity contribution >= 4 is 11.9 Å². The lowest BCUT2D eigenvalue weighted by Gasteiger charge is -2.09. The third kappa shape index (κ3) is 2.76. The smallest absolute Gasteiger partial charge is 0.384 e. The van der Waals surface area contributed by atoms with Crippen LogP contribution in [0.3, 0.4) is 0 Å². The van der Waals surface area contributed by atoms with Gasteiger partial charge in [-0.25, -0.2) is 4.79 Å². The fourth-order valence-electron chi connectivity index (χ4n) is 1.91.